The molecule has 0 aromatic carbocycles. The van der Waals surface area contributed by atoms with Crippen molar-refractivity contribution in [2.24, 2.45) is 5.92 Å². The molecule has 1 fully saturated rings. The van der Waals surface area contributed by atoms with Gasteiger partial charge in [0.2, 0.25) is 5.91 Å². The second-order valence-electron chi connectivity index (χ2n) is 19.7. The van der Waals surface area contributed by atoms with Gasteiger partial charge in [-0.05, 0) is 103 Å². The maximum absolute atomic E-state index is 12.9. The molecule has 1 atom stereocenters. The molecule has 63 heavy (non-hydrogen) atoms. The molecule has 372 valence electrons. The molecule has 1 rings (SSSR count). The molecule has 2 N–H and O–H groups in total. The van der Waals surface area contributed by atoms with Gasteiger partial charge in [0.05, 0.1) is 12.7 Å². The number of ether oxygens (including phenoxy) is 2. The third kappa shape index (κ3) is 39.2. The lowest BCUT2D eigenvalue weighted by molar-refractivity contribution is -0.150. The van der Waals surface area contributed by atoms with Crippen LogP contribution in [-0.2, 0) is 23.9 Å². The van der Waals surface area contributed by atoms with Crippen LogP contribution in [0.2, 0.25) is 0 Å². The minimum atomic E-state index is -0.382. The molecule has 1 amide bonds. The maximum atomic E-state index is 12.9. The highest BCUT2D eigenvalue weighted by Crippen LogP contribution is 2.24. The lowest BCUT2D eigenvalue weighted by Crippen LogP contribution is -2.34. The SMILES string of the molecule is CCCCCCCCCCCOC(=O)CCCCCN(CCCCCCCC(=O)OC(CCCCCCCC)CCCCCCCC)CC(O)CCCCNC(=O)C1CCCCC1. The summed E-state index contributed by atoms with van der Waals surface area (Å²) in [6.45, 7) is 10.6. The van der Waals surface area contributed by atoms with Gasteiger partial charge in [-0.15, -0.1) is 0 Å². The molecule has 0 heterocycles. The van der Waals surface area contributed by atoms with Crippen LogP contribution in [0.15, 0.2) is 0 Å². The molecule has 1 unspecified atom stereocenters. The van der Waals surface area contributed by atoms with Crippen molar-refractivity contribution in [3.63, 3.8) is 0 Å². The first kappa shape index (κ1) is 59.3. The Bertz CT molecular complexity index is 1000. The Morgan fingerprint density at radius 3 is 1.52 bits per heavy atom. The summed E-state index contributed by atoms with van der Waals surface area (Å²) < 4.78 is 11.6. The van der Waals surface area contributed by atoms with Gasteiger partial charge in [0.1, 0.15) is 6.10 Å². The molecule has 8 nitrogen and oxygen atoms in total. The Labute approximate surface area is 390 Å². The maximum Gasteiger partial charge on any atom is 0.306 e. The fourth-order valence-electron chi connectivity index (χ4n) is 9.31. The van der Waals surface area contributed by atoms with Crippen molar-refractivity contribution in [2.45, 2.75) is 296 Å². The number of unbranched alkanes of at least 4 members (excludes halogenated alkanes) is 25. The molecular weight excluding hydrogens is 785 g/mol. The van der Waals surface area contributed by atoms with Crippen LogP contribution in [0.3, 0.4) is 0 Å². The van der Waals surface area contributed by atoms with Crippen LogP contribution in [0.25, 0.3) is 0 Å². The van der Waals surface area contributed by atoms with E-state index in [1.54, 1.807) is 0 Å². The van der Waals surface area contributed by atoms with E-state index in [1.807, 2.05) is 0 Å². The second kappa shape index (κ2) is 45.5. The Morgan fingerprint density at radius 1 is 0.524 bits per heavy atom. The van der Waals surface area contributed by atoms with Gasteiger partial charge in [-0.3, -0.25) is 14.4 Å². The molecule has 0 bridgehead atoms. The smallest absolute Gasteiger partial charge is 0.306 e. The van der Waals surface area contributed by atoms with Gasteiger partial charge in [-0.2, -0.15) is 0 Å². The molecule has 0 spiro atoms. The normalized spacial score (nSPS) is 13.8. The number of hydrogen-bond donors (Lipinski definition) is 2. The van der Waals surface area contributed by atoms with E-state index in [-0.39, 0.29) is 36.0 Å². The van der Waals surface area contributed by atoms with Crippen molar-refractivity contribution in [3.05, 3.63) is 0 Å². The average Bonchev–Trinajstić information content (AvgIpc) is 3.28. The Balaban J connectivity index is 2.40. The molecule has 0 aromatic rings. The van der Waals surface area contributed by atoms with Gasteiger partial charge in [-0.25, -0.2) is 0 Å². The summed E-state index contributed by atoms with van der Waals surface area (Å²) in [7, 11) is 0. The molecule has 0 aromatic heterocycles. The number of esters is 2. The first-order chi connectivity index (χ1) is 30.9. The fraction of sp³-hybridized carbons (Fsp3) is 0.945. The fourth-order valence-corrected chi connectivity index (χ4v) is 9.31. The molecule has 0 saturated heterocycles. The third-order valence-electron chi connectivity index (χ3n) is 13.5. The molecule has 1 saturated carbocycles. The Hall–Kier alpha value is -1.67. The number of nitrogens with one attached hydrogen (secondary N) is 1. The molecule has 0 aliphatic heterocycles. The van der Waals surface area contributed by atoms with Crippen molar-refractivity contribution < 1.29 is 29.0 Å². The van der Waals surface area contributed by atoms with Crippen LogP contribution >= 0.6 is 0 Å². The number of amides is 1. The summed E-state index contributed by atoms with van der Waals surface area (Å²) in [5.41, 5.74) is 0. The lowest BCUT2D eigenvalue weighted by Gasteiger charge is -2.25. The predicted molar refractivity (Wildman–Crippen MR) is 266 cm³/mol. The average molecular weight is 891 g/mol. The topological polar surface area (TPSA) is 105 Å². The summed E-state index contributed by atoms with van der Waals surface area (Å²) in [5.74, 6) is 0.350. The highest BCUT2D eigenvalue weighted by molar-refractivity contribution is 5.78. The lowest BCUT2D eigenvalue weighted by atomic mass is 9.88. The number of rotatable bonds is 47. The second-order valence-corrected chi connectivity index (χ2v) is 19.7. The first-order valence-electron chi connectivity index (χ1n) is 27.9. The molecular formula is C55H106N2O6. The number of nitrogens with zero attached hydrogens (tertiary/aromatic N) is 1. The van der Waals surface area contributed by atoms with Crippen LogP contribution in [-0.4, -0.2) is 72.8 Å². The minimum Gasteiger partial charge on any atom is -0.466 e. The van der Waals surface area contributed by atoms with E-state index >= 15 is 0 Å². The summed E-state index contributed by atoms with van der Waals surface area (Å²) in [6, 6.07) is 0. The highest BCUT2D eigenvalue weighted by Gasteiger charge is 2.21. The third-order valence-corrected chi connectivity index (χ3v) is 13.5. The summed E-state index contributed by atoms with van der Waals surface area (Å²) in [6.07, 6.45) is 45.6. The Morgan fingerprint density at radius 2 is 0.968 bits per heavy atom. The van der Waals surface area contributed by atoms with E-state index in [0.29, 0.717) is 32.5 Å². The molecule has 1 aliphatic rings. The van der Waals surface area contributed by atoms with Crippen LogP contribution in [0.4, 0.5) is 0 Å². The summed E-state index contributed by atoms with van der Waals surface area (Å²) in [4.78, 5) is 40.2. The number of aliphatic hydroxyl groups excluding tert-OH is 1. The van der Waals surface area contributed by atoms with Crippen molar-refractivity contribution in [1.82, 2.24) is 10.2 Å². The highest BCUT2D eigenvalue weighted by atomic mass is 16.5. The van der Waals surface area contributed by atoms with Gasteiger partial charge in [0.25, 0.3) is 0 Å². The number of hydrogen-bond acceptors (Lipinski definition) is 7. The molecule has 8 heteroatoms. The summed E-state index contributed by atoms with van der Waals surface area (Å²) >= 11 is 0. The quantitative estimate of drug-likeness (QED) is 0.0463. The van der Waals surface area contributed by atoms with E-state index in [9.17, 15) is 19.5 Å². The first-order valence-corrected chi connectivity index (χ1v) is 27.9. The molecule has 0 radical (unpaired) electrons. The predicted octanol–water partition coefficient (Wildman–Crippen LogP) is 14.9. The van der Waals surface area contributed by atoms with E-state index < -0.39 is 0 Å². The monoisotopic (exact) mass is 891 g/mol. The summed E-state index contributed by atoms with van der Waals surface area (Å²) in [5, 5.41) is 14.2. The van der Waals surface area contributed by atoms with Crippen LogP contribution in [0, 0.1) is 5.92 Å². The Kier molecular flexibility index (Phi) is 42.8. The van der Waals surface area contributed by atoms with E-state index in [0.717, 1.165) is 122 Å². The van der Waals surface area contributed by atoms with Gasteiger partial charge < -0.3 is 24.8 Å². The number of carbonyl (C=O) groups is 3. The van der Waals surface area contributed by atoms with Crippen LogP contribution < -0.4 is 5.32 Å². The van der Waals surface area contributed by atoms with Gasteiger partial charge in [0.15, 0.2) is 0 Å². The zero-order chi connectivity index (χ0) is 45.7. The van der Waals surface area contributed by atoms with Gasteiger partial charge in [0, 0.05) is 31.8 Å². The number of carbonyl (C=O) groups excluding carboxylic acids is 3. The van der Waals surface area contributed by atoms with Crippen molar-refractivity contribution in [1.29, 1.82) is 0 Å². The largest absolute Gasteiger partial charge is 0.466 e. The van der Waals surface area contributed by atoms with E-state index in [1.165, 1.54) is 141 Å². The standard InChI is InChI=1S/C55H106N2O6/c1-4-7-10-13-16-17-18-24-37-48-62-53(59)43-32-26-36-47-57(49-51(58)40-33-34-45-56-55(61)50-38-27-25-28-39-50)46-35-23-19-22-31-44-54(60)63-52(41-29-20-14-11-8-5-2)42-30-21-15-12-9-6-3/h50-52,58H,4-49H2,1-3H3,(H,56,61). The minimum absolute atomic E-state index is 0.00389. The van der Waals surface area contributed by atoms with Crippen molar-refractivity contribution in [3.8, 4) is 0 Å². The number of aliphatic hydroxyl groups is 1. The van der Waals surface area contributed by atoms with E-state index in [2.05, 4.69) is 31.0 Å². The van der Waals surface area contributed by atoms with E-state index in [4.69, 9.17) is 9.47 Å². The molecule has 1 aliphatic carbocycles. The van der Waals surface area contributed by atoms with Crippen LogP contribution in [0.5, 0.6) is 0 Å². The van der Waals surface area contributed by atoms with Gasteiger partial charge >= 0.3 is 11.9 Å². The van der Waals surface area contributed by atoms with Crippen LogP contribution in [0.1, 0.15) is 284 Å². The zero-order valence-corrected chi connectivity index (χ0v) is 42.2. The zero-order valence-electron chi connectivity index (χ0n) is 42.2. The van der Waals surface area contributed by atoms with Crippen molar-refractivity contribution >= 4 is 17.8 Å². The van der Waals surface area contributed by atoms with Gasteiger partial charge in [-0.1, -0.05) is 181 Å². The van der Waals surface area contributed by atoms with Crippen molar-refractivity contribution in [2.75, 3.05) is 32.8 Å².